The van der Waals surface area contributed by atoms with Crippen molar-refractivity contribution in [2.75, 3.05) is 6.54 Å². The zero-order valence-corrected chi connectivity index (χ0v) is 11.3. The molecule has 1 rings (SSSR count). The van der Waals surface area contributed by atoms with Crippen molar-refractivity contribution in [2.45, 2.75) is 38.7 Å². The van der Waals surface area contributed by atoms with Gasteiger partial charge in [-0.15, -0.1) is 0 Å². The Bertz CT molecular complexity index is 495. The zero-order chi connectivity index (χ0) is 13.1. The van der Waals surface area contributed by atoms with Crippen molar-refractivity contribution in [3.63, 3.8) is 0 Å². The van der Waals surface area contributed by atoms with Crippen LogP contribution < -0.4 is 4.72 Å². The van der Waals surface area contributed by atoms with Gasteiger partial charge in [0.25, 0.3) is 0 Å². The molecule has 0 aromatic heterocycles. The van der Waals surface area contributed by atoms with E-state index in [1.807, 2.05) is 13.8 Å². The minimum atomic E-state index is -3.47. The Morgan fingerprint density at radius 3 is 2.47 bits per heavy atom. The molecule has 0 bridgehead atoms. The minimum absolute atomic E-state index is 0.155. The predicted octanol–water partition coefficient (Wildman–Crippen LogP) is 1.48. The number of aryl methyl sites for hydroxylation is 1. The molecule has 0 unspecified atom stereocenters. The predicted molar refractivity (Wildman–Crippen MR) is 67.3 cm³/mol. The molecule has 0 atom stereocenters. The molecule has 4 nitrogen and oxygen atoms in total. The Hall–Kier alpha value is -0.910. The first kappa shape index (κ1) is 14.2. The van der Waals surface area contributed by atoms with Gasteiger partial charge in [0, 0.05) is 6.54 Å². The number of nitrogens with one attached hydrogen (secondary N) is 1. The molecule has 5 heteroatoms. The van der Waals surface area contributed by atoms with Crippen LogP contribution in [0, 0.1) is 13.8 Å². The lowest BCUT2D eigenvalue weighted by molar-refractivity contribution is 0.281. The summed E-state index contributed by atoms with van der Waals surface area (Å²) in [6.45, 7) is 5.79. The van der Waals surface area contributed by atoms with Crippen molar-refractivity contribution < 1.29 is 13.5 Å². The first-order valence-electron chi connectivity index (χ1n) is 5.63. The van der Waals surface area contributed by atoms with Crippen molar-refractivity contribution in [3.05, 3.63) is 28.8 Å². The molecule has 0 saturated heterocycles. The van der Waals surface area contributed by atoms with Gasteiger partial charge in [0.05, 0.1) is 11.5 Å². The molecule has 2 N–H and O–H groups in total. The highest BCUT2D eigenvalue weighted by Gasteiger charge is 2.17. The summed E-state index contributed by atoms with van der Waals surface area (Å²) in [4.78, 5) is 0.259. The van der Waals surface area contributed by atoms with Gasteiger partial charge in [-0.1, -0.05) is 13.0 Å². The van der Waals surface area contributed by atoms with Gasteiger partial charge in [-0.2, -0.15) is 0 Å². The third kappa shape index (κ3) is 3.28. The van der Waals surface area contributed by atoms with Gasteiger partial charge in [-0.05, 0) is 43.0 Å². The molecule has 0 fully saturated rings. The third-order valence-corrected chi connectivity index (χ3v) is 4.28. The summed E-state index contributed by atoms with van der Waals surface area (Å²) in [5.41, 5.74) is 2.21. The van der Waals surface area contributed by atoms with E-state index in [1.165, 1.54) is 6.07 Å². The maximum Gasteiger partial charge on any atom is 0.240 e. The van der Waals surface area contributed by atoms with Crippen molar-refractivity contribution in [1.29, 1.82) is 0 Å². The van der Waals surface area contributed by atoms with Gasteiger partial charge in [0.15, 0.2) is 0 Å². The van der Waals surface area contributed by atoms with Crippen LogP contribution in [0.1, 0.15) is 30.0 Å². The molecule has 0 amide bonds. The highest BCUT2D eigenvalue weighted by atomic mass is 32.2. The molecule has 17 heavy (non-hydrogen) atoms. The quantitative estimate of drug-likeness (QED) is 0.839. The Kier molecular flexibility index (Phi) is 4.68. The number of benzene rings is 1. The number of hydrogen-bond acceptors (Lipinski definition) is 3. The summed E-state index contributed by atoms with van der Waals surface area (Å²) in [6.07, 6.45) is 0.747. The topological polar surface area (TPSA) is 66.4 Å². The fraction of sp³-hybridized carbons (Fsp3) is 0.500. The maximum atomic E-state index is 12.0. The van der Waals surface area contributed by atoms with Crippen LogP contribution in [0.3, 0.4) is 0 Å². The molecule has 1 aromatic rings. The summed E-state index contributed by atoms with van der Waals surface area (Å²) in [6, 6.07) is 3.33. The lowest BCUT2D eigenvalue weighted by Crippen LogP contribution is -2.25. The molecule has 96 valence electrons. The minimum Gasteiger partial charge on any atom is -0.392 e. The van der Waals surface area contributed by atoms with E-state index in [-0.39, 0.29) is 11.5 Å². The van der Waals surface area contributed by atoms with Crippen molar-refractivity contribution >= 4 is 10.0 Å². The highest BCUT2D eigenvalue weighted by molar-refractivity contribution is 7.89. The standard InChI is InChI=1S/C12H19NO3S/c1-4-5-13-17(15,16)12-7-11(8-14)6-9(2)10(12)3/h6-7,13-14H,4-5,8H2,1-3H3. The summed E-state index contributed by atoms with van der Waals surface area (Å²) in [5.74, 6) is 0. The maximum absolute atomic E-state index is 12.0. The molecule has 0 aliphatic rings. The number of rotatable bonds is 5. The Morgan fingerprint density at radius 2 is 1.94 bits per heavy atom. The molecule has 1 aromatic carbocycles. The highest BCUT2D eigenvalue weighted by Crippen LogP contribution is 2.21. The van der Waals surface area contributed by atoms with Gasteiger partial charge < -0.3 is 5.11 Å². The van der Waals surface area contributed by atoms with Crippen LogP contribution in [-0.2, 0) is 16.6 Å². The van der Waals surface area contributed by atoms with Crippen molar-refractivity contribution in [3.8, 4) is 0 Å². The van der Waals surface area contributed by atoms with Crippen LogP contribution in [0.2, 0.25) is 0 Å². The Labute approximate surface area is 103 Å². The Balaban J connectivity index is 3.25. The fourth-order valence-electron chi connectivity index (χ4n) is 1.58. The largest absolute Gasteiger partial charge is 0.392 e. The number of aliphatic hydroxyl groups excluding tert-OH is 1. The second-order valence-electron chi connectivity index (χ2n) is 4.09. The molecule has 0 aliphatic carbocycles. The van der Waals surface area contributed by atoms with Gasteiger partial charge in [0.2, 0.25) is 10.0 Å². The zero-order valence-electron chi connectivity index (χ0n) is 10.4. The van der Waals surface area contributed by atoms with Crippen LogP contribution in [-0.4, -0.2) is 20.1 Å². The van der Waals surface area contributed by atoms with Gasteiger partial charge >= 0.3 is 0 Å². The van der Waals surface area contributed by atoms with E-state index in [4.69, 9.17) is 5.11 Å². The van der Waals surface area contributed by atoms with Crippen molar-refractivity contribution in [2.24, 2.45) is 0 Å². The Morgan fingerprint density at radius 1 is 1.29 bits per heavy atom. The number of sulfonamides is 1. The van der Waals surface area contributed by atoms with E-state index >= 15 is 0 Å². The summed E-state index contributed by atoms with van der Waals surface area (Å²) in [7, 11) is -3.47. The molecule has 0 radical (unpaired) electrons. The average molecular weight is 257 g/mol. The van der Waals surface area contributed by atoms with E-state index in [2.05, 4.69) is 4.72 Å². The lowest BCUT2D eigenvalue weighted by Gasteiger charge is -2.12. The van der Waals surface area contributed by atoms with Crippen LogP contribution in [0.5, 0.6) is 0 Å². The first-order valence-corrected chi connectivity index (χ1v) is 7.11. The van der Waals surface area contributed by atoms with Gasteiger partial charge in [0.1, 0.15) is 0 Å². The monoisotopic (exact) mass is 257 g/mol. The van der Waals surface area contributed by atoms with E-state index in [0.29, 0.717) is 12.1 Å². The van der Waals surface area contributed by atoms with E-state index in [1.54, 1.807) is 13.0 Å². The molecule has 0 heterocycles. The fourth-order valence-corrected chi connectivity index (χ4v) is 3.08. The molecule has 0 saturated carbocycles. The smallest absolute Gasteiger partial charge is 0.240 e. The number of hydrogen-bond donors (Lipinski definition) is 2. The molecule has 0 spiro atoms. The van der Waals surface area contributed by atoms with Gasteiger partial charge in [-0.25, -0.2) is 13.1 Å². The van der Waals surface area contributed by atoms with Gasteiger partial charge in [-0.3, -0.25) is 0 Å². The van der Waals surface area contributed by atoms with Crippen LogP contribution in [0.15, 0.2) is 17.0 Å². The van der Waals surface area contributed by atoms with Crippen molar-refractivity contribution in [1.82, 2.24) is 4.72 Å². The third-order valence-electron chi connectivity index (χ3n) is 2.69. The normalized spacial score (nSPS) is 11.8. The first-order chi connectivity index (χ1) is 7.92. The van der Waals surface area contributed by atoms with E-state index in [9.17, 15) is 8.42 Å². The second-order valence-corrected chi connectivity index (χ2v) is 5.83. The van der Waals surface area contributed by atoms with Crippen LogP contribution in [0.25, 0.3) is 0 Å². The van der Waals surface area contributed by atoms with E-state index < -0.39 is 10.0 Å². The number of aliphatic hydroxyl groups is 1. The SMILES string of the molecule is CCCNS(=O)(=O)c1cc(CO)cc(C)c1C. The molecular formula is C12H19NO3S. The summed E-state index contributed by atoms with van der Waals surface area (Å²) >= 11 is 0. The molecular weight excluding hydrogens is 238 g/mol. The summed E-state index contributed by atoms with van der Waals surface area (Å²) < 4.78 is 26.6. The molecule has 0 aliphatic heterocycles. The average Bonchev–Trinajstić information content (AvgIpc) is 2.29. The summed E-state index contributed by atoms with van der Waals surface area (Å²) in [5, 5.41) is 9.10. The van der Waals surface area contributed by atoms with Crippen LogP contribution in [0.4, 0.5) is 0 Å². The van der Waals surface area contributed by atoms with Crippen LogP contribution >= 0.6 is 0 Å². The second kappa shape index (κ2) is 5.62. The lowest BCUT2D eigenvalue weighted by atomic mass is 10.1. The van der Waals surface area contributed by atoms with E-state index in [0.717, 1.165) is 17.5 Å².